The molecule has 0 aromatic carbocycles. The van der Waals surface area contributed by atoms with E-state index in [0.29, 0.717) is 18.4 Å². The standard InChI is InChI=1S/C13H23NO3/c15-13(16)4-3-11-5-7-14(8-6-11)10-12-2-1-9-17-12/h11-12H,1-10H2,(H,15,16). The zero-order valence-corrected chi connectivity index (χ0v) is 10.4. The molecule has 98 valence electrons. The molecule has 0 aliphatic carbocycles. The monoisotopic (exact) mass is 241 g/mol. The molecule has 2 fully saturated rings. The quantitative estimate of drug-likeness (QED) is 0.796. The van der Waals surface area contributed by atoms with E-state index in [1.54, 1.807) is 0 Å². The first-order chi connectivity index (χ1) is 8.24. The first-order valence-electron chi connectivity index (χ1n) is 6.80. The van der Waals surface area contributed by atoms with Gasteiger partial charge in [0.1, 0.15) is 0 Å². The number of hydrogen-bond acceptors (Lipinski definition) is 3. The summed E-state index contributed by atoms with van der Waals surface area (Å²) in [4.78, 5) is 13.0. The molecule has 0 amide bonds. The predicted molar refractivity (Wildman–Crippen MR) is 65.0 cm³/mol. The second-order valence-corrected chi connectivity index (χ2v) is 5.31. The Hall–Kier alpha value is -0.610. The molecule has 1 N–H and O–H groups in total. The number of carboxylic acid groups (broad SMARTS) is 1. The van der Waals surface area contributed by atoms with Gasteiger partial charge in [-0.25, -0.2) is 0 Å². The fraction of sp³-hybridized carbons (Fsp3) is 0.923. The summed E-state index contributed by atoms with van der Waals surface area (Å²) in [7, 11) is 0. The van der Waals surface area contributed by atoms with Crippen LogP contribution in [0.4, 0.5) is 0 Å². The number of aliphatic carboxylic acids is 1. The van der Waals surface area contributed by atoms with Crippen LogP contribution in [0.15, 0.2) is 0 Å². The molecule has 0 spiro atoms. The molecule has 2 aliphatic heterocycles. The van der Waals surface area contributed by atoms with E-state index in [9.17, 15) is 4.79 Å². The predicted octanol–water partition coefficient (Wildman–Crippen LogP) is 1.74. The van der Waals surface area contributed by atoms with Crippen LogP contribution in [0.5, 0.6) is 0 Å². The largest absolute Gasteiger partial charge is 0.481 e. The minimum absolute atomic E-state index is 0.330. The third kappa shape index (κ3) is 4.28. The van der Waals surface area contributed by atoms with Gasteiger partial charge in [0.25, 0.3) is 0 Å². The number of hydrogen-bond donors (Lipinski definition) is 1. The number of piperidine rings is 1. The molecule has 2 rings (SSSR count). The topological polar surface area (TPSA) is 49.8 Å². The zero-order valence-electron chi connectivity index (χ0n) is 10.4. The van der Waals surface area contributed by atoms with Crippen LogP contribution in [0.1, 0.15) is 38.5 Å². The van der Waals surface area contributed by atoms with Crippen molar-refractivity contribution in [1.29, 1.82) is 0 Å². The van der Waals surface area contributed by atoms with Crippen molar-refractivity contribution >= 4 is 5.97 Å². The molecule has 1 unspecified atom stereocenters. The average Bonchev–Trinajstić information content (AvgIpc) is 2.81. The summed E-state index contributed by atoms with van der Waals surface area (Å²) in [5, 5.41) is 8.66. The molecule has 2 saturated heterocycles. The van der Waals surface area contributed by atoms with Gasteiger partial charge in [0.05, 0.1) is 6.10 Å². The summed E-state index contributed by atoms with van der Waals surface area (Å²) < 4.78 is 5.64. The second kappa shape index (κ2) is 6.36. The Morgan fingerprint density at radius 1 is 1.29 bits per heavy atom. The maximum Gasteiger partial charge on any atom is 0.303 e. The van der Waals surface area contributed by atoms with Gasteiger partial charge >= 0.3 is 5.97 Å². The van der Waals surface area contributed by atoms with E-state index >= 15 is 0 Å². The highest BCUT2D eigenvalue weighted by Crippen LogP contribution is 2.23. The molecule has 2 aliphatic rings. The number of rotatable bonds is 5. The van der Waals surface area contributed by atoms with E-state index in [0.717, 1.165) is 45.5 Å². The molecule has 1 atom stereocenters. The normalized spacial score (nSPS) is 27.4. The summed E-state index contributed by atoms with van der Waals surface area (Å²) in [6, 6.07) is 0. The van der Waals surface area contributed by atoms with Gasteiger partial charge < -0.3 is 14.7 Å². The van der Waals surface area contributed by atoms with E-state index in [1.165, 1.54) is 12.8 Å². The summed E-state index contributed by atoms with van der Waals surface area (Å²) in [5.41, 5.74) is 0. The van der Waals surface area contributed by atoms with E-state index in [4.69, 9.17) is 9.84 Å². The van der Waals surface area contributed by atoms with Crippen molar-refractivity contribution in [2.45, 2.75) is 44.6 Å². The number of carboxylic acids is 1. The van der Waals surface area contributed by atoms with Gasteiger partial charge in [0.2, 0.25) is 0 Å². The Bertz CT molecular complexity index is 243. The van der Waals surface area contributed by atoms with Gasteiger partial charge in [0, 0.05) is 19.6 Å². The van der Waals surface area contributed by atoms with Crippen molar-refractivity contribution in [3.63, 3.8) is 0 Å². The first-order valence-corrected chi connectivity index (χ1v) is 6.80. The maximum atomic E-state index is 10.5. The Morgan fingerprint density at radius 3 is 2.65 bits per heavy atom. The molecular formula is C13H23NO3. The smallest absolute Gasteiger partial charge is 0.303 e. The summed E-state index contributed by atoms with van der Waals surface area (Å²) >= 11 is 0. The highest BCUT2D eigenvalue weighted by Gasteiger charge is 2.23. The van der Waals surface area contributed by atoms with Crippen molar-refractivity contribution < 1.29 is 14.6 Å². The number of likely N-dealkylation sites (tertiary alicyclic amines) is 1. The van der Waals surface area contributed by atoms with Crippen molar-refractivity contribution in [3.8, 4) is 0 Å². The van der Waals surface area contributed by atoms with Gasteiger partial charge in [0.15, 0.2) is 0 Å². The lowest BCUT2D eigenvalue weighted by atomic mass is 9.92. The summed E-state index contributed by atoms with van der Waals surface area (Å²) in [6.45, 7) is 4.24. The number of carbonyl (C=O) groups is 1. The van der Waals surface area contributed by atoms with Crippen molar-refractivity contribution in [3.05, 3.63) is 0 Å². The van der Waals surface area contributed by atoms with Gasteiger partial charge in [-0.05, 0) is 51.1 Å². The average molecular weight is 241 g/mol. The van der Waals surface area contributed by atoms with Crippen LogP contribution < -0.4 is 0 Å². The molecule has 4 heteroatoms. The Kier molecular flexibility index (Phi) is 4.80. The Balaban J connectivity index is 1.61. The van der Waals surface area contributed by atoms with E-state index in [-0.39, 0.29) is 0 Å². The molecule has 0 aromatic heterocycles. The third-order valence-corrected chi connectivity index (χ3v) is 3.96. The van der Waals surface area contributed by atoms with E-state index < -0.39 is 5.97 Å². The highest BCUT2D eigenvalue weighted by molar-refractivity contribution is 5.66. The van der Waals surface area contributed by atoms with Crippen LogP contribution in [0, 0.1) is 5.92 Å². The van der Waals surface area contributed by atoms with Gasteiger partial charge in [-0.1, -0.05) is 0 Å². The van der Waals surface area contributed by atoms with Crippen LogP contribution in [-0.2, 0) is 9.53 Å². The lowest BCUT2D eigenvalue weighted by Crippen LogP contribution is -2.38. The minimum Gasteiger partial charge on any atom is -0.481 e. The van der Waals surface area contributed by atoms with Crippen molar-refractivity contribution in [2.75, 3.05) is 26.2 Å². The van der Waals surface area contributed by atoms with Gasteiger partial charge in [-0.15, -0.1) is 0 Å². The van der Waals surface area contributed by atoms with Gasteiger partial charge in [-0.2, -0.15) is 0 Å². The van der Waals surface area contributed by atoms with E-state index in [1.807, 2.05) is 0 Å². The second-order valence-electron chi connectivity index (χ2n) is 5.31. The molecule has 4 nitrogen and oxygen atoms in total. The Labute approximate surface area is 103 Å². The maximum absolute atomic E-state index is 10.5. The number of ether oxygens (including phenoxy) is 1. The SMILES string of the molecule is O=C(O)CCC1CCN(CC2CCCO2)CC1. The minimum atomic E-state index is -0.660. The van der Waals surface area contributed by atoms with Crippen LogP contribution in [-0.4, -0.2) is 48.3 Å². The van der Waals surface area contributed by atoms with Crippen molar-refractivity contribution in [2.24, 2.45) is 5.92 Å². The molecule has 0 radical (unpaired) electrons. The molecule has 0 bridgehead atoms. The molecule has 17 heavy (non-hydrogen) atoms. The fourth-order valence-corrected chi connectivity index (χ4v) is 2.86. The number of nitrogens with zero attached hydrogens (tertiary/aromatic N) is 1. The van der Waals surface area contributed by atoms with Crippen LogP contribution in [0.2, 0.25) is 0 Å². The van der Waals surface area contributed by atoms with Gasteiger partial charge in [-0.3, -0.25) is 4.79 Å². The molecule has 0 saturated carbocycles. The Morgan fingerprint density at radius 2 is 2.06 bits per heavy atom. The molecular weight excluding hydrogens is 218 g/mol. The lowest BCUT2D eigenvalue weighted by Gasteiger charge is -2.33. The first kappa shape index (κ1) is 12.8. The zero-order chi connectivity index (χ0) is 12.1. The fourth-order valence-electron chi connectivity index (χ4n) is 2.86. The van der Waals surface area contributed by atoms with Crippen molar-refractivity contribution in [1.82, 2.24) is 4.90 Å². The van der Waals surface area contributed by atoms with Crippen LogP contribution >= 0.6 is 0 Å². The lowest BCUT2D eigenvalue weighted by molar-refractivity contribution is -0.137. The molecule has 2 heterocycles. The van der Waals surface area contributed by atoms with Crippen LogP contribution in [0.3, 0.4) is 0 Å². The summed E-state index contributed by atoms with van der Waals surface area (Å²) in [6.07, 6.45) is 6.35. The van der Waals surface area contributed by atoms with E-state index in [2.05, 4.69) is 4.90 Å². The summed E-state index contributed by atoms with van der Waals surface area (Å²) in [5.74, 6) is -0.0429. The van der Waals surface area contributed by atoms with Crippen LogP contribution in [0.25, 0.3) is 0 Å². The highest BCUT2D eigenvalue weighted by atomic mass is 16.5. The molecule has 0 aromatic rings. The third-order valence-electron chi connectivity index (χ3n) is 3.96.